The van der Waals surface area contributed by atoms with Crippen LogP contribution in [0.3, 0.4) is 0 Å². The number of methoxy groups -OCH3 is 1. The summed E-state index contributed by atoms with van der Waals surface area (Å²) in [4.78, 5) is 0. The molecule has 2 atom stereocenters. The molecule has 0 saturated carbocycles. The molecule has 0 saturated heterocycles. The molecule has 0 bridgehead atoms. The Morgan fingerprint density at radius 3 is 2.54 bits per heavy atom. The monoisotopic (exact) mass is 361 g/mol. The molecule has 0 aromatic heterocycles. The van der Waals surface area contributed by atoms with Gasteiger partial charge in [0.1, 0.15) is 12.4 Å². The molecule has 0 aliphatic carbocycles. The van der Waals surface area contributed by atoms with E-state index in [9.17, 15) is 5.11 Å². The minimum Gasteiger partial charge on any atom is -0.495 e. The van der Waals surface area contributed by atoms with Crippen LogP contribution < -0.4 is 31.0 Å². The maximum atomic E-state index is 10.2. The molecule has 0 radical (unpaired) electrons. The molecule has 0 fully saturated rings. The van der Waals surface area contributed by atoms with E-state index in [-0.39, 0.29) is 12.6 Å². The smallest absolute Gasteiger partial charge is 0.161 e. The van der Waals surface area contributed by atoms with E-state index < -0.39 is 6.23 Å². The number of hydrogen-bond acceptors (Lipinski definition) is 7. The molecule has 2 aromatic carbocycles. The second-order valence-electron chi connectivity index (χ2n) is 5.65. The van der Waals surface area contributed by atoms with Crippen molar-refractivity contribution in [2.45, 2.75) is 19.2 Å². The Morgan fingerprint density at radius 1 is 1.08 bits per heavy atom. The van der Waals surface area contributed by atoms with E-state index in [0.29, 0.717) is 36.1 Å². The summed E-state index contributed by atoms with van der Waals surface area (Å²) >= 11 is 0. The lowest BCUT2D eigenvalue weighted by molar-refractivity contribution is 0.126. The molecule has 2 rings (SSSR count). The summed E-state index contributed by atoms with van der Waals surface area (Å²) in [5, 5.41) is 13.2. The highest BCUT2D eigenvalue weighted by atomic mass is 16.5. The molecule has 0 amide bonds. The maximum Gasteiger partial charge on any atom is 0.161 e. The van der Waals surface area contributed by atoms with Crippen LogP contribution in [0, 0.1) is 0 Å². The average molecular weight is 361 g/mol. The summed E-state index contributed by atoms with van der Waals surface area (Å²) in [7, 11) is 1.57. The van der Waals surface area contributed by atoms with E-state index in [0.717, 1.165) is 5.56 Å². The number of ether oxygens (including phenoxy) is 3. The van der Waals surface area contributed by atoms with Crippen molar-refractivity contribution < 1.29 is 19.3 Å². The van der Waals surface area contributed by atoms with Crippen molar-refractivity contribution in [2.24, 2.45) is 11.5 Å². The molecule has 26 heavy (non-hydrogen) atoms. The molecule has 142 valence electrons. The average Bonchev–Trinajstić information content (AvgIpc) is 2.67. The van der Waals surface area contributed by atoms with Gasteiger partial charge in [0.15, 0.2) is 17.7 Å². The van der Waals surface area contributed by atoms with Gasteiger partial charge in [0.2, 0.25) is 0 Å². The Labute approximate surface area is 153 Å². The van der Waals surface area contributed by atoms with Crippen molar-refractivity contribution >= 4 is 5.69 Å². The maximum absolute atomic E-state index is 10.2. The van der Waals surface area contributed by atoms with Gasteiger partial charge in [-0.1, -0.05) is 18.2 Å². The highest BCUT2D eigenvalue weighted by molar-refractivity contribution is 5.56. The fourth-order valence-electron chi connectivity index (χ4n) is 2.43. The molecule has 0 aliphatic heterocycles. The number of hydrogen-bond donors (Lipinski definition) is 4. The first-order chi connectivity index (χ1) is 12.6. The van der Waals surface area contributed by atoms with Crippen molar-refractivity contribution in [3.05, 3.63) is 48.0 Å². The molecule has 7 nitrogen and oxygen atoms in total. The van der Waals surface area contributed by atoms with Crippen molar-refractivity contribution in [2.75, 3.05) is 32.2 Å². The molecule has 2 unspecified atom stereocenters. The van der Waals surface area contributed by atoms with Gasteiger partial charge in [-0.25, -0.2) is 0 Å². The highest BCUT2D eigenvalue weighted by Gasteiger charge is 2.13. The lowest BCUT2D eigenvalue weighted by Gasteiger charge is -2.19. The first-order valence-corrected chi connectivity index (χ1v) is 8.51. The van der Waals surface area contributed by atoms with Crippen molar-refractivity contribution in [3.8, 4) is 17.2 Å². The SMILES string of the molecule is CCOc1cc(C(N)CN)ccc1OCC(O)Nc1ccccc1OC. The van der Waals surface area contributed by atoms with Crippen molar-refractivity contribution in [1.82, 2.24) is 0 Å². The van der Waals surface area contributed by atoms with E-state index in [4.69, 9.17) is 25.7 Å². The Bertz CT molecular complexity index is 696. The van der Waals surface area contributed by atoms with Gasteiger partial charge in [-0.2, -0.15) is 0 Å². The first kappa shape index (κ1) is 19.8. The van der Waals surface area contributed by atoms with Crippen LogP contribution in [0.2, 0.25) is 0 Å². The Kier molecular flexibility index (Phi) is 7.53. The number of nitrogens with two attached hydrogens (primary N) is 2. The Morgan fingerprint density at radius 2 is 1.85 bits per heavy atom. The quantitative estimate of drug-likeness (QED) is 0.478. The lowest BCUT2D eigenvalue weighted by atomic mass is 10.1. The highest BCUT2D eigenvalue weighted by Crippen LogP contribution is 2.30. The number of nitrogens with one attached hydrogen (secondary N) is 1. The molecule has 6 N–H and O–H groups in total. The summed E-state index contributed by atoms with van der Waals surface area (Å²) in [5.41, 5.74) is 13.1. The zero-order valence-electron chi connectivity index (χ0n) is 15.1. The van der Waals surface area contributed by atoms with Gasteiger partial charge in [-0.05, 0) is 36.8 Å². The van der Waals surface area contributed by atoms with Crippen molar-refractivity contribution in [1.29, 1.82) is 0 Å². The number of rotatable bonds is 10. The molecule has 0 heterocycles. The normalized spacial score (nSPS) is 13.0. The van der Waals surface area contributed by atoms with Crippen LogP contribution in [0.5, 0.6) is 17.2 Å². The van der Waals surface area contributed by atoms with E-state index in [1.54, 1.807) is 13.2 Å². The van der Waals surface area contributed by atoms with Crippen LogP contribution in [-0.2, 0) is 0 Å². The third kappa shape index (κ3) is 5.26. The van der Waals surface area contributed by atoms with E-state index in [1.165, 1.54) is 0 Å². The Hall–Kier alpha value is -2.48. The van der Waals surface area contributed by atoms with Crippen molar-refractivity contribution in [3.63, 3.8) is 0 Å². The number of aliphatic hydroxyl groups is 1. The van der Waals surface area contributed by atoms with Gasteiger partial charge in [0, 0.05) is 12.6 Å². The third-order valence-electron chi connectivity index (χ3n) is 3.78. The predicted molar refractivity (Wildman–Crippen MR) is 102 cm³/mol. The van der Waals surface area contributed by atoms with Gasteiger partial charge in [0.05, 0.1) is 19.4 Å². The van der Waals surface area contributed by atoms with Gasteiger partial charge >= 0.3 is 0 Å². The fraction of sp³-hybridized carbons (Fsp3) is 0.368. The number of benzene rings is 2. The summed E-state index contributed by atoms with van der Waals surface area (Å²) < 4.78 is 16.6. The fourth-order valence-corrected chi connectivity index (χ4v) is 2.43. The van der Waals surface area contributed by atoms with Crippen LogP contribution in [-0.4, -0.2) is 38.2 Å². The summed E-state index contributed by atoms with van der Waals surface area (Å²) in [5.74, 6) is 1.74. The van der Waals surface area contributed by atoms with Gasteiger partial charge in [0.25, 0.3) is 0 Å². The molecule has 0 spiro atoms. The van der Waals surface area contributed by atoms with Gasteiger partial charge in [-0.3, -0.25) is 0 Å². The van der Waals surface area contributed by atoms with Crippen LogP contribution in [0.1, 0.15) is 18.5 Å². The summed E-state index contributed by atoms with van der Waals surface area (Å²) in [6.45, 7) is 2.74. The van der Waals surface area contributed by atoms with E-state index >= 15 is 0 Å². The third-order valence-corrected chi connectivity index (χ3v) is 3.78. The zero-order valence-corrected chi connectivity index (χ0v) is 15.1. The minimum absolute atomic E-state index is 0.0282. The van der Waals surface area contributed by atoms with Gasteiger partial charge < -0.3 is 36.1 Å². The van der Waals surface area contributed by atoms with Gasteiger partial charge in [-0.15, -0.1) is 0 Å². The van der Waals surface area contributed by atoms with Crippen LogP contribution in [0.4, 0.5) is 5.69 Å². The lowest BCUT2D eigenvalue weighted by Crippen LogP contribution is -2.27. The standard InChI is InChI=1S/C19H27N3O4/c1-3-25-18-10-13(14(21)11-20)8-9-17(18)26-12-19(23)22-15-6-4-5-7-16(15)24-2/h4-10,14,19,22-23H,3,11-12,20-21H2,1-2H3. The first-order valence-electron chi connectivity index (χ1n) is 8.51. The number of aliphatic hydroxyl groups excluding tert-OH is 1. The second-order valence-corrected chi connectivity index (χ2v) is 5.65. The summed E-state index contributed by atoms with van der Waals surface area (Å²) in [6, 6.07) is 12.5. The minimum atomic E-state index is -0.924. The van der Waals surface area contributed by atoms with E-state index in [2.05, 4.69) is 5.32 Å². The molecular weight excluding hydrogens is 334 g/mol. The van der Waals surface area contributed by atoms with Crippen LogP contribution in [0.25, 0.3) is 0 Å². The van der Waals surface area contributed by atoms with E-state index in [1.807, 2.05) is 43.3 Å². The van der Waals surface area contributed by atoms with Crippen LogP contribution >= 0.6 is 0 Å². The Balaban J connectivity index is 2.03. The van der Waals surface area contributed by atoms with Crippen LogP contribution in [0.15, 0.2) is 42.5 Å². The molecular formula is C19H27N3O4. The molecule has 0 aliphatic rings. The number of para-hydroxylation sites is 2. The number of anilines is 1. The molecule has 7 heteroatoms. The zero-order chi connectivity index (χ0) is 18.9. The summed E-state index contributed by atoms with van der Waals surface area (Å²) in [6.07, 6.45) is -0.924. The molecule has 2 aromatic rings. The topological polar surface area (TPSA) is 112 Å². The predicted octanol–water partition coefficient (Wildman–Crippen LogP) is 1.86. The second kappa shape index (κ2) is 9.86. The largest absolute Gasteiger partial charge is 0.495 e.